The first kappa shape index (κ1) is 29.2. The molecule has 2 fully saturated rings. The molecule has 3 aliphatic carbocycles. The number of fused-ring (bicyclic) bond motifs is 3. The number of aliphatic hydroxyl groups is 3. The van der Waals surface area contributed by atoms with Crippen LogP contribution in [0, 0.1) is 40.4 Å². The van der Waals surface area contributed by atoms with Gasteiger partial charge in [-0.2, -0.15) is 0 Å². The fourth-order valence-electron chi connectivity index (χ4n) is 8.15. The van der Waals surface area contributed by atoms with Gasteiger partial charge in [-0.1, -0.05) is 47.6 Å². The lowest BCUT2D eigenvalue weighted by atomic mass is 9.39. The first-order valence-electron chi connectivity index (χ1n) is 13.5. The molecule has 0 aliphatic heterocycles. The summed E-state index contributed by atoms with van der Waals surface area (Å²) in [5, 5.41) is 48.7. The number of phenolic OH excluding ortho intramolecular Hbond substituents is 1. The number of phenols is 1. The summed E-state index contributed by atoms with van der Waals surface area (Å²) in [6.07, 6.45) is -3.13. The predicted molar refractivity (Wildman–Crippen MR) is 140 cm³/mol. The van der Waals surface area contributed by atoms with Crippen molar-refractivity contribution in [3.8, 4) is 5.75 Å². The highest BCUT2D eigenvalue weighted by molar-refractivity contribution is 6.09. The number of Topliss-reactive ketones (excluding diaryl/α,β-unsaturated/α-hetero) is 2. The molecule has 0 aromatic heterocycles. The Labute approximate surface area is 228 Å². The van der Waals surface area contributed by atoms with E-state index in [1.54, 1.807) is 47.6 Å². The topological polar surface area (TPSA) is 187 Å². The number of nitrogens with one attached hydrogen (secondary N) is 1. The highest BCUT2D eigenvalue weighted by atomic mass is 16.4. The molecule has 4 rings (SSSR count). The molecule has 0 bridgehead atoms. The summed E-state index contributed by atoms with van der Waals surface area (Å²) >= 11 is 0. The summed E-state index contributed by atoms with van der Waals surface area (Å²) in [6.45, 7) is 10.6. The minimum absolute atomic E-state index is 0.0184. The summed E-state index contributed by atoms with van der Waals surface area (Å²) in [7, 11) is 0. The summed E-state index contributed by atoms with van der Waals surface area (Å²) in [6, 6.07) is 3.00. The van der Waals surface area contributed by atoms with E-state index >= 15 is 0 Å². The van der Waals surface area contributed by atoms with Crippen LogP contribution < -0.4 is 11.1 Å². The smallest absolute Gasteiger partial charge is 0.230 e. The maximum absolute atomic E-state index is 14.0. The Morgan fingerprint density at radius 1 is 1.13 bits per heavy atom. The number of nitrogens with two attached hydrogens (primary N) is 1. The normalized spacial score (nSPS) is 37.8. The fraction of sp³-hybridized carbons (Fsp3) is 0.655. The van der Waals surface area contributed by atoms with Crippen molar-refractivity contribution < 1.29 is 39.6 Å². The van der Waals surface area contributed by atoms with Gasteiger partial charge in [-0.25, -0.2) is 0 Å². The molecule has 2 amide bonds. The molecule has 1 aromatic rings. The number of carbonyl (C=O) groups is 4. The van der Waals surface area contributed by atoms with E-state index in [4.69, 9.17) is 5.73 Å². The number of benzene rings is 1. The van der Waals surface area contributed by atoms with Gasteiger partial charge in [0.15, 0.2) is 17.2 Å². The molecule has 0 saturated heterocycles. The maximum atomic E-state index is 14.0. The Kier molecular flexibility index (Phi) is 7.02. The van der Waals surface area contributed by atoms with Crippen LogP contribution in [0.25, 0.3) is 0 Å². The largest absolute Gasteiger partial charge is 0.507 e. The number of hydrogen-bond donors (Lipinski definition) is 6. The molecule has 7 N–H and O–H groups in total. The third kappa shape index (κ3) is 3.94. The molecule has 2 saturated carbocycles. The zero-order chi connectivity index (χ0) is 29.4. The molecule has 8 atom stereocenters. The van der Waals surface area contributed by atoms with Gasteiger partial charge in [-0.05, 0) is 47.3 Å². The highest BCUT2D eigenvalue weighted by Crippen LogP contribution is 2.65. The Balaban J connectivity index is 1.88. The van der Waals surface area contributed by atoms with Gasteiger partial charge in [0.2, 0.25) is 11.8 Å². The van der Waals surface area contributed by atoms with Gasteiger partial charge in [0.05, 0.1) is 17.6 Å². The van der Waals surface area contributed by atoms with Gasteiger partial charge in [-0.3, -0.25) is 19.2 Å². The fourth-order valence-corrected chi connectivity index (χ4v) is 8.15. The third-order valence-electron chi connectivity index (χ3n) is 9.74. The van der Waals surface area contributed by atoms with Gasteiger partial charge in [-0.15, -0.1) is 0 Å². The molecule has 0 spiro atoms. The lowest BCUT2D eigenvalue weighted by Gasteiger charge is -2.66. The van der Waals surface area contributed by atoms with Crippen molar-refractivity contribution in [3.63, 3.8) is 0 Å². The van der Waals surface area contributed by atoms with Crippen molar-refractivity contribution in [1.29, 1.82) is 0 Å². The van der Waals surface area contributed by atoms with Crippen LogP contribution in [0.15, 0.2) is 12.1 Å². The summed E-state index contributed by atoms with van der Waals surface area (Å²) in [5.41, 5.74) is 1.68. The second-order valence-electron chi connectivity index (χ2n) is 13.0. The van der Waals surface area contributed by atoms with Crippen molar-refractivity contribution in [2.45, 2.75) is 78.7 Å². The minimum atomic E-state index is -2.54. The number of rotatable bonds is 5. The lowest BCUT2D eigenvalue weighted by molar-refractivity contribution is -0.265. The summed E-state index contributed by atoms with van der Waals surface area (Å²) in [4.78, 5) is 52.3. The van der Waals surface area contributed by atoms with E-state index in [0.717, 1.165) is 0 Å². The quantitative estimate of drug-likeness (QED) is 0.294. The van der Waals surface area contributed by atoms with Crippen LogP contribution in [0.5, 0.6) is 5.75 Å². The van der Waals surface area contributed by atoms with Crippen LogP contribution >= 0.6 is 0 Å². The third-order valence-corrected chi connectivity index (χ3v) is 9.74. The molecule has 1 aromatic carbocycles. The number of aromatic hydroxyl groups is 1. The molecular weight excluding hydrogens is 504 g/mol. The molecule has 3 aliphatic rings. The van der Waals surface area contributed by atoms with Crippen LogP contribution in [-0.4, -0.2) is 61.6 Å². The average Bonchev–Trinajstić information content (AvgIpc) is 2.80. The second kappa shape index (κ2) is 9.38. The number of aliphatic hydroxyl groups excluding tert-OH is 2. The Bertz CT molecular complexity index is 1240. The molecular formula is C29H40N2O8. The Morgan fingerprint density at radius 2 is 1.74 bits per heavy atom. The number of hydrogen-bond acceptors (Lipinski definition) is 8. The number of primary amides is 1. The van der Waals surface area contributed by atoms with E-state index in [2.05, 4.69) is 5.32 Å². The van der Waals surface area contributed by atoms with Crippen LogP contribution in [0.1, 0.15) is 69.4 Å². The van der Waals surface area contributed by atoms with Crippen LogP contribution in [0.3, 0.4) is 0 Å². The zero-order valence-electron chi connectivity index (χ0n) is 23.3. The van der Waals surface area contributed by atoms with E-state index < -0.39 is 63.9 Å². The van der Waals surface area contributed by atoms with E-state index in [9.17, 15) is 39.6 Å². The number of ketones is 2. The van der Waals surface area contributed by atoms with E-state index in [-0.39, 0.29) is 48.4 Å². The number of amides is 2. The minimum Gasteiger partial charge on any atom is -0.507 e. The van der Waals surface area contributed by atoms with Crippen molar-refractivity contribution in [2.24, 2.45) is 46.2 Å². The first-order chi connectivity index (χ1) is 17.9. The van der Waals surface area contributed by atoms with Gasteiger partial charge in [0.25, 0.3) is 0 Å². The van der Waals surface area contributed by atoms with Crippen molar-refractivity contribution in [3.05, 3.63) is 28.8 Å². The first-order valence-corrected chi connectivity index (χ1v) is 13.5. The van der Waals surface area contributed by atoms with Gasteiger partial charge < -0.3 is 31.5 Å². The molecule has 214 valence electrons. The second-order valence-corrected chi connectivity index (χ2v) is 13.0. The molecule has 0 heterocycles. The summed E-state index contributed by atoms with van der Waals surface area (Å²) < 4.78 is 0. The van der Waals surface area contributed by atoms with Gasteiger partial charge in [0, 0.05) is 17.9 Å². The van der Waals surface area contributed by atoms with Crippen LogP contribution in [-0.2, 0) is 27.3 Å². The van der Waals surface area contributed by atoms with Crippen molar-refractivity contribution in [1.82, 2.24) is 5.32 Å². The van der Waals surface area contributed by atoms with E-state index in [1.807, 2.05) is 0 Å². The molecule has 0 radical (unpaired) electrons. The maximum Gasteiger partial charge on any atom is 0.230 e. The molecule has 10 heteroatoms. The van der Waals surface area contributed by atoms with Crippen molar-refractivity contribution in [2.75, 3.05) is 0 Å². The molecule has 2 unspecified atom stereocenters. The van der Waals surface area contributed by atoms with Gasteiger partial charge in [0.1, 0.15) is 17.8 Å². The molecule has 10 nitrogen and oxygen atoms in total. The number of carbonyl (C=O) groups excluding carboxylic acids is 4. The molecule has 39 heavy (non-hydrogen) atoms. The zero-order valence-corrected chi connectivity index (χ0v) is 23.3. The Morgan fingerprint density at radius 3 is 2.28 bits per heavy atom. The standard InChI is InChI=1S/C29H40N2O8/c1-12(2)19-22(34)18(25(30)37)23(35)29(39)24(36)20-21(33)17-15(9-27(20,5)11-28(19,29)6)14(7-8-16(17)32)10-31-26(38)13(3)4/h7-8,12-13,18-20,22,24,32,34,36,39H,9-11H2,1-6H3,(H2,30,37)(H,31,38)/t18-,19+,20-,22?,24?,27-,28-,29+/m1/s1. The SMILES string of the molecule is CC(C)C(=O)NCc1ccc(O)c2c1C[C@]1(C)C[C@]3(C)[C@@H](C(C)C)C(O)[C@@H](C(N)=O)C(=O)[C@]3(O)C(O)[C@H]1C2=O. The van der Waals surface area contributed by atoms with Crippen LogP contribution in [0.2, 0.25) is 0 Å². The van der Waals surface area contributed by atoms with Crippen LogP contribution in [0.4, 0.5) is 0 Å². The predicted octanol–water partition coefficient (Wildman–Crippen LogP) is 0.845. The van der Waals surface area contributed by atoms with E-state index in [1.165, 1.54) is 6.07 Å². The summed E-state index contributed by atoms with van der Waals surface area (Å²) in [5.74, 6) is -7.72. The Hall–Kier alpha value is -2.82. The van der Waals surface area contributed by atoms with Gasteiger partial charge >= 0.3 is 0 Å². The van der Waals surface area contributed by atoms with Crippen molar-refractivity contribution >= 4 is 23.4 Å². The monoisotopic (exact) mass is 544 g/mol. The average molecular weight is 545 g/mol. The lowest BCUT2D eigenvalue weighted by Crippen LogP contribution is -2.79. The highest BCUT2D eigenvalue weighted by Gasteiger charge is 2.75. The van der Waals surface area contributed by atoms with E-state index in [0.29, 0.717) is 11.1 Å².